The predicted molar refractivity (Wildman–Crippen MR) is 99.8 cm³/mol. The molecule has 0 aliphatic carbocycles. The van der Waals surface area contributed by atoms with E-state index in [0.717, 1.165) is 25.5 Å². The van der Waals surface area contributed by atoms with Crippen LogP contribution in [0, 0.1) is 12.7 Å². The molecule has 1 aliphatic heterocycles. The van der Waals surface area contributed by atoms with Crippen molar-refractivity contribution in [1.82, 2.24) is 19.4 Å². The summed E-state index contributed by atoms with van der Waals surface area (Å²) in [4.78, 5) is 14.8. The van der Waals surface area contributed by atoms with Gasteiger partial charge in [0.25, 0.3) is 5.91 Å². The second-order valence-electron chi connectivity index (χ2n) is 6.80. The molecular formula is C18H23FN4O3S. The summed E-state index contributed by atoms with van der Waals surface area (Å²) in [5.74, 6) is -0.504. The standard InChI is InChI=1S/C18H23FN4O3S/c1-13-17(12-20-23(13)15-8-6-14(19)7-9-15)18(24)22-10-4-3-5-16(22)11-21-27(2,25)26/h6-9,12,16,21H,3-5,10-11H2,1-2H3/t16-/m1/s1. The summed E-state index contributed by atoms with van der Waals surface area (Å²) in [7, 11) is -3.32. The summed E-state index contributed by atoms with van der Waals surface area (Å²) >= 11 is 0. The number of carbonyl (C=O) groups is 1. The first-order valence-electron chi connectivity index (χ1n) is 8.82. The summed E-state index contributed by atoms with van der Waals surface area (Å²) in [6.45, 7) is 2.57. The van der Waals surface area contributed by atoms with Crippen molar-refractivity contribution < 1.29 is 17.6 Å². The lowest BCUT2D eigenvalue weighted by atomic mass is 10.0. The Hall–Kier alpha value is -2.26. The number of nitrogens with one attached hydrogen (secondary N) is 1. The molecule has 0 radical (unpaired) electrons. The number of rotatable bonds is 5. The van der Waals surface area contributed by atoms with Crippen LogP contribution in [0.1, 0.15) is 35.3 Å². The summed E-state index contributed by atoms with van der Waals surface area (Å²) in [5.41, 5.74) is 1.79. The van der Waals surface area contributed by atoms with Gasteiger partial charge in [-0.15, -0.1) is 0 Å². The van der Waals surface area contributed by atoms with Gasteiger partial charge < -0.3 is 4.90 Å². The minimum Gasteiger partial charge on any atom is -0.334 e. The van der Waals surface area contributed by atoms with E-state index in [0.29, 0.717) is 23.5 Å². The van der Waals surface area contributed by atoms with E-state index in [1.54, 1.807) is 28.6 Å². The number of halogens is 1. The number of carbonyl (C=O) groups excluding carboxylic acids is 1. The lowest BCUT2D eigenvalue weighted by Crippen LogP contribution is -2.49. The maximum absolute atomic E-state index is 13.1. The number of benzene rings is 1. The quantitative estimate of drug-likeness (QED) is 0.839. The molecule has 1 atom stereocenters. The van der Waals surface area contributed by atoms with Gasteiger partial charge in [-0.1, -0.05) is 0 Å². The third kappa shape index (κ3) is 4.54. The Kier molecular flexibility index (Phi) is 5.61. The van der Waals surface area contributed by atoms with Crippen LogP contribution in [-0.2, 0) is 10.0 Å². The summed E-state index contributed by atoms with van der Waals surface area (Å²) in [6.07, 6.45) is 5.20. The Morgan fingerprint density at radius 3 is 2.67 bits per heavy atom. The number of nitrogens with zero attached hydrogens (tertiary/aromatic N) is 3. The molecule has 0 saturated carbocycles. The van der Waals surface area contributed by atoms with E-state index >= 15 is 0 Å². The average Bonchev–Trinajstić information content (AvgIpc) is 3.01. The van der Waals surface area contributed by atoms with E-state index in [4.69, 9.17) is 0 Å². The summed E-state index contributed by atoms with van der Waals surface area (Å²) < 4.78 is 40.0. The molecule has 1 aromatic heterocycles. The first-order chi connectivity index (χ1) is 12.8. The van der Waals surface area contributed by atoms with Crippen molar-refractivity contribution in [2.24, 2.45) is 0 Å². The zero-order valence-corrected chi connectivity index (χ0v) is 16.2. The van der Waals surface area contributed by atoms with Gasteiger partial charge in [0.15, 0.2) is 0 Å². The zero-order chi connectivity index (χ0) is 19.6. The molecule has 146 valence electrons. The van der Waals surface area contributed by atoms with Crippen LogP contribution in [0.4, 0.5) is 4.39 Å². The molecule has 1 aromatic carbocycles. The molecule has 1 aliphatic rings. The van der Waals surface area contributed by atoms with Crippen LogP contribution < -0.4 is 4.72 Å². The van der Waals surface area contributed by atoms with Crippen molar-refractivity contribution in [2.75, 3.05) is 19.3 Å². The summed E-state index contributed by atoms with van der Waals surface area (Å²) in [5, 5.41) is 4.28. The van der Waals surface area contributed by atoms with Gasteiger partial charge in [-0.2, -0.15) is 5.10 Å². The van der Waals surface area contributed by atoms with Crippen molar-refractivity contribution in [3.8, 4) is 5.69 Å². The van der Waals surface area contributed by atoms with E-state index in [1.807, 2.05) is 0 Å². The molecule has 2 aromatic rings. The second kappa shape index (κ2) is 7.77. The molecule has 2 heterocycles. The van der Waals surface area contributed by atoms with E-state index < -0.39 is 10.0 Å². The van der Waals surface area contributed by atoms with Gasteiger partial charge in [-0.3, -0.25) is 4.79 Å². The molecule has 3 rings (SSSR count). The number of aromatic nitrogens is 2. The molecule has 1 N–H and O–H groups in total. The molecule has 7 nitrogen and oxygen atoms in total. The van der Waals surface area contributed by atoms with Crippen molar-refractivity contribution in [2.45, 2.75) is 32.2 Å². The average molecular weight is 394 g/mol. The molecule has 1 saturated heterocycles. The lowest BCUT2D eigenvalue weighted by molar-refractivity contribution is 0.0618. The van der Waals surface area contributed by atoms with E-state index in [1.165, 1.54) is 18.3 Å². The third-order valence-corrected chi connectivity index (χ3v) is 5.47. The zero-order valence-electron chi connectivity index (χ0n) is 15.4. The first-order valence-corrected chi connectivity index (χ1v) is 10.7. The molecule has 0 spiro atoms. The Morgan fingerprint density at radius 2 is 2.00 bits per heavy atom. The SMILES string of the molecule is Cc1c(C(=O)N2CCCC[C@@H]2CNS(C)(=O)=O)cnn1-c1ccc(F)cc1. The second-order valence-corrected chi connectivity index (χ2v) is 8.63. The fraction of sp³-hybridized carbons (Fsp3) is 0.444. The largest absolute Gasteiger partial charge is 0.334 e. The maximum atomic E-state index is 13.1. The number of amides is 1. The predicted octanol–water partition coefficient (Wildman–Crippen LogP) is 1.86. The van der Waals surface area contributed by atoms with Crippen LogP contribution in [0.15, 0.2) is 30.5 Å². The van der Waals surface area contributed by atoms with Crippen LogP contribution in [0.25, 0.3) is 5.69 Å². The number of hydrogen-bond acceptors (Lipinski definition) is 4. The fourth-order valence-corrected chi connectivity index (χ4v) is 3.84. The highest BCUT2D eigenvalue weighted by molar-refractivity contribution is 7.88. The molecule has 9 heteroatoms. The fourth-order valence-electron chi connectivity index (χ4n) is 3.34. The minimum atomic E-state index is -3.32. The summed E-state index contributed by atoms with van der Waals surface area (Å²) in [6, 6.07) is 5.70. The molecule has 0 unspecified atom stereocenters. The Bertz CT molecular complexity index is 925. The Balaban J connectivity index is 1.82. The van der Waals surface area contributed by atoms with Gasteiger partial charge in [-0.25, -0.2) is 22.2 Å². The van der Waals surface area contributed by atoms with Gasteiger partial charge in [0.1, 0.15) is 5.82 Å². The third-order valence-electron chi connectivity index (χ3n) is 4.78. The Morgan fingerprint density at radius 1 is 1.30 bits per heavy atom. The normalized spacial score (nSPS) is 17.9. The molecule has 1 fully saturated rings. The van der Waals surface area contributed by atoms with Crippen molar-refractivity contribution in [3.05, 3.63) is 47.5 Å². The van der Waals surface area contributed by atoms with E-state index in [2.05, 4.69) is 9.82 Å². The van der Waals surface area contributed by atoms with E-state index in [9.17, 15) is 17.6 Å². The van der Waals surface area contributed by atoms with Crippen LogP contribution in [0.5, 0.6) is 0 Å². The van der Waals surface area contributed by atoms with Gasteiger partial charge in [0.2, 0.25) is 10.0 Å². The molecule has 0 bridgehead atoms. The number of sulfonamides is 1. The lowest BCUT2D eigenvalue weighted by Gasteiger charge is -2.35. The monoisotopic (exact) mass is 394 g/mol. The minimum absolute atomic E-state index is 0.166. The molecule has 27 heavy (non-hydrogen) atoms. The Labute approximate surface area is 158 Å². The van der Waals surface area contributed by atoms with Gasteiger partial charge in [0, 0.05) is 19.1 Å². The van der Waals surface area contributed by atoms with Crippen molar-refractivity contribution >= 4 is 15.9 Å². The number of hydrogen-bond donors (Lipinski definition) is 1. The van der Waals surface area contributed by atoms with Gasteiger partial charge in [-0.05, 0) is 50.5 Å². The number of likely N-dealkylation sites (tertiary alicyclic amines) is 1. The van der Waals surface area contributed by atoms with Crippen molar-refractivity contribution in [3.63, 3.8) is 0 Å². The van der Waals surface area contributed by atoms with Gasteiger partial charge >= 0.3 is 0 Å². The molecule has 1 amide bonds. The highest BCUT2D eigenvalue weighted by Crippen LogP contribution is 2.22. The highest BCUT2D eigenvalue weighted by Gasteiger charge is 2.30. The molecular weight excluding hydrogens is 371 g/mol. The first kappa shape index (κ1) is 19.5. The van der Waals surface area contributed by atoms with Crippen molar-refractivity contribution in [1.29, 1.82) is 0 Å². The maximum Gasteiger partial charge on any atom is 0.257 e. The van der Waals surface area contributed by atoms with Gasteiger partial charge in [0.05, 0.1) is 29.4 Å². The van der Waals surface area contributed by atoms with Crippen LogP contribution in [0.2, 0.25) is 0 Å². The topological polar surface area (TPSA) is 84.3 Å². The highest BCUT2D eigenvalue weighted by atomic mass is 32.2. The van der Waals surface area contributed by atoms with E-state index in [-0.39, 0.29) is 24.3 Å². The van der Waals surface area contributed by atoms with Crippen LogP contribution in [0.3, 0.4) is 0 Å². The van der Waals surface area contributed by atoms with Crippen LogP contribution in [-0.4, -0.2) is 54.4 Å². The smallest absolute Gasteiger partial charge is 0.257 e. The number of piperidine rings is 1. The van der Waals surface area contributed by atoms with Crippen LogP contribution >= 0.6 is 0 Å².